The fourth-order valence-electron chi connectivity index (χ4n) is 7.40. The Morgan fingerprint density at radius 1 is 0.905 bits per heavy atom. The van der Waals surface area contributed by atoms with Crippen LogP contribution in [-0.2, 0) is 19.1 Å². The zero-order chi connectivity index (χ0) is 29.8. The van der Waals surface area contributed by atoms with E-state index >= 15 is 0 Å². The van der Waals surface area contributed by atoms with Gasteiger partial charge in [-0.25, -0.2) is 0 Å². The lowest BCUT2D eigenvalue weighted by molar-refractivity contribution is -0.150. The third-order valence-corrected chi connectivity index (χ3v) is 9.72. The van der Waals surface area contributed by atoms with Crippen molar-refractivity contribution in [3.63, 3.8) is 0 Å². The lowest BCUT2D eigenvalue weighted by atomic mass is 9.73. The molecule has 1 spiro atoms. The minimum Gasteiger partial charge on any atom is -0.394 e. The highest BCUT2D eigenvalue weighted by atomic mass is 35.5. The standard InChI is InChI=1S/C33H36ClN3O5/c1-4-32-16-10-18-35(22-12-6-5-7-13-22)29(39)26(32)27-30(40)37(25(20-38)21(2)3)28-31(41)36(19-11-17-33(27,28)42-32)24-15-9-8-14-23(24)34/h5-17,21,25-28,38H,4,18-20H2,1-3H3/t25-,26+,27-,28?,32-,33-/m0/s1. The van der Waals surface area contributed by atoms with Crippen molar-refractivity contribution in [3.05, 3.63) is 83.9 Å². The summed E-state index contributed by atoms with van der Waals surface area (Å²) < 4.78 is 7.05. The summed E-state index contributed by atoms with van der Waals surface area (Å²) in [5.41, 5.74) is -1.27. The van der Waals surface area contributed by atoms with Crippen LogP contribution >= 0.6 is 11.6 Å². The molecular weight excluding hydrogens is 554 g/mol. The van der Waals surface area contributed by atoms with Crippen LogP contribution in [0.1, 0.15) is 27.2 Å². The molecule has 1 unspecified atom stereocenters. The largest absolute Gasteiger partial charge is 0.394 e. The van der Waals surface area contributed by atoms with E-state index in [1.165, 1.54) is 4.90 Å². The molecule has 2 aromatic rings. The number of fused-ring (bicyclic) bond motifs is 2. The number of ether oxygens (including phenoxy) is 1. The molecular formula is C33H36ClN3O5. The van der Waals surface area contributed by atoms with Gasteiger partial charge in [0.15, 0.2) is 0 Å². The third kappa shape index (κ3) is 4.07. The van der Waals surface area contributed by atoms with Crippen molar-refractivity contribution in [2.24, 2.45) is 17.8 Å². The summed E-state index contributed by atoms with van der Waals surface area (Å²) in [5.74, 6) is -2.95. The number of carbonyl (C=O) groups excluding carboxylic acids is 3. The number of nitrogens with zero attached hydrogens (tertiary/aromatic N) is 3. The van der Waals surface area contributed by atoms with Gasteiger partial charge in [0.05, 0.1) is 40.8 Å². The molecule has 4 aliphatic rings. The van der Waals surface area contributed by atoms with Gasteiger partial charge in [0.25, 0.3) is 5.91 Å². The fraction of sp³-hybridized carbons (Fsp3) is 0.424. The van der Waals surface area contributed by atoms with Crippen molar-refractivity contribution in [3.8, 4) is 0 Å². The average molecular weight is 590 g/mol. The number of benzene rings is 2. The second-order valence-electron chi connectivity index (χ2n) is 11.9. The van der Waals surface area contributed by atoms with Crippen LogP contribution in [0.5, 0.6) is 0 Å². The number of anilines is 2. The van der Waals surface area contributed by atoms with Crippen molar-refractivity contribution >= 4 is 40.7 Å². The molecule has 2 saturated heterocycles. The topological polar surface area (TPSA) is 90.4 Å². The molecule has 0 aliphatic carbocycles. The Morgan fingerprint density at radius 2 is 1.57 bits per heavy atom. The third-order valence-electron chi connectivity index (χ3n) is 9.40. The van der Waals surface area contributed by atoms with E-state index in [0.717, 1.165) is 5.69 Å². The molecule has 9 heteroatoms. The molecule has 3 amide bonds. The highest BCUT2D eigenvalue weighted by molar-refractivity contribution is 6.34. The van der Waals surface area contributed by atoms with Gasteiger partial charge in [0.1, 0.15) is 11.6 Å². The first-order chi connectivity index (χ1) is 20.2. The number of amides is 3. The normalized spacial score (nSPS) is 31.2. The quantitative estimate of drug-likeness (QED) is 0.510. The van der Waals surface area contributed by atoms with Gasteiger partial charge in [0, 0.05) is 18.8 Å². The fourth-order valence-corrected chi connectivity index (χ4v) is 7.64. The Labute approximate surface area is 251 Å². The lowest BCUT2D eigenvalue weighted by Crippen LogP contribution is -2.60. The number of aliphatic hydroxyl groups excluding tert-OH is 1. The molecule has 0 aromatic heterocycles. The van der Waals surface area contributed by atoms with Crippen LogP contribution in [0.4, 0.5) is 11.4 Å². The van der Waals surface area contributed by atoms with E-state index in [0.29, 0.717) is 23.7 Å². The Bertz CT molecular complexity index is 1460. The van der Waals surface area contributed by atoms with Crippen LogP contribution in [0, 0.1) is 17.8 Å². The highest BCUT2D eigenvalue weighted by Crippen LogP contribution is 2.59. The maximum absolute atomic E-state index is 14.7. The van der Waals surface area contributed by atoms with Crippen LogP contribution in [0.2, 0.25) is 5.02 Å². The first-order valence-corrected chi connectivity index (χ1v) is 15.0. The average Bonchev–Trinajstić information content (AvgIpc) is 3.27. The summed E-state index contributed by atoms with van der Waals surface area (Å²) in [6.45, 7) is 5.98. The SMILES string of the molecule is CC[C@]12C=CCN(c3ccccc3)C(=O)[C@H]1[C@H]1C(=O)N([C@@H](CO)C(C)C)C3C(=O)N(c4ccccc4Cl)CC=C[C@@]31O2. The van der Waals surface area contributed by atoms with E-state index in [1.54, 1.807) is 28.0 Å². The van der Waals surface area contributed by atoms with E-state index in [1.807, 2.05) is 81.5 Å². The van der Waals surface area contributed by atoms with Crippen molar-refractivity contribution in [1.29, 1.82) is 0 Å². The number of aliphatic hydroxyl groups is 1. The minimum atomic E-state index is -1.42. The molecule has 2 fully saturated rings. The van der Waals surface area contributed by atoms with Crippen LogP contribution in [0.25, 0.3) is 0 Å². The van der Waals surface area contributed by atoms with Crippen molar-refractivity contribution in [2.75, 3.05) is 29.5 Å². The van der Waals surface area contributed by atoms with E-state index in [2.05, 4.69) is 0 Å². The first-order valence-electron chi connectivity index (χ1n) is 14.6. The Kier molecular flexibility index (Phi) is 7.28. The molecule has 8 nitrogen and oxygen atoms in total. The zero-order valence-electron chi connectivity index (χ0n) is 24.0. The summed E-state index contributed by atoms with van der Waals surface area (Å²) in [5, 5.41) is 10.9. The number of likely N-dealkylation sites (tertiary alicyclic amines) is 1. The number of hydrogen-bond acceptors (Lipinski definition) is 5. The van der Waals surface area contributed by atoms with Gasteiger partial charge in [0.2, 0.25) is 11.8 Å². The van der Waals surface area contributed by atoms with Gasteiger partial charge in [-0.3, -0.25) is 14.4 Å². The molecule has 0 bridgehead atoms. The number of hydrogen-bond donors (Lipinski definition) is 1. The number of rotatable bonds is 6. The smallest absolute Gasteiger partial charge is 0.253 e. The van der Waals surface area contributed by atoms with Crippen LogP contribution in [-0.4, -0.2) is 70.7 Å². The predicted molar refractivity (Wildman–Crippen MR) is 161 cm³/mol. The maximum Gasteiger partial charge on any atom is 0.253 e. The molecule has 1 N–H and O–H groups in total. The molecule has 42 heavy (non-hydrogen) atoms. The van der Waals surface area contributed by atoms with E-state index in [9.17, 15) is 19.5 Å². The molecule has 6 atom stereocenters. The first kappa shape index (κ1) is 28.6. The van der Waals surface area contributed by atoms with Gasteiger partial charge in [-0.15, -0.1) is 0 Å². The maximum atomic E-state index is 14.7. The van der Waals surface area contributed by atoms with Crippen molar-refractivity contribution < 1.29 is 24.2 Å². The number of halogens is 1. The molecule has 2 aromatic carbocycles. The second-order valence-corrected chi connectivity index (χ2v) is 12.3. The van der Waals surface area contributed by atoms with Gasteiger partial charge in [-0.05, 0) is 36.6 Å². The van der Waals surface area contributed by atoms with Gasteiger partial charge < -0.3 is 24.5 Å². The minimum absolute atomic E-state index is 0.162. The molecule has 0 radical (unpaired) electrons. The Morgan fingerprint density at radius 3 is 2.24 bits per heavy atom. The zero-order valence-corrected chi connectivity index (χ0v) is 24.8. The van der Waals surface area contributed by atoms with Gasteiger partial charge in [-0.2, -0.15) is 0 Å². The van der Waals surface area contributed by atoms with Crippen molar-refractivity contribution in [2.45, 2.75) is 50.5 Å². The van der Waals surface area contributed by atoms with E-state index in [4.69, 9.17) is 16.3 Å². The van der Waals surface area contributed by atoms with E-state index < -0.39 is 35.1 Å². The summed E-state index contributed by atoms with van der Waals surface area (Å²) in [4.78, 5) is 48.8. The predicted octanol–water partition coefficient (Wildman–Crippen LogP) is 4.22. The van der Waals surface area contributed by atoms with Crippen LogP contribution in [0.15, 0.2) is 78.9 Å². The molecule has 220 valence electrons. The summed E-state index contributed by atoms with van der Waals surface area (Å²) in [6, 6.07) is 14.7. The van der Waals surface area contributed by atoms with E-state index in [-0.39, 0.29) is 36.8 Å². The second kappa shape index (κ2) is 10.7. The Balaban J connectivity index is 1.54. The van der Waals surface area contributed by atoms with Crippen molar-refractivity contribution in [1.82, 2.24) is 4.90 Å². The summed E-state index contributed by atoms with van der Waals surface area (Å²) in [6.07, 6.45) is 7.94. The molecule has 4 heterocycles. The number of carbonyl (C=O) groups is 3. The monoisotopic (exact) mass is 589 g/mol. The molecule has 6 rings (SSSR count). The van der Waals surface area contributed by atoms with Crippen LogP contribution < -0.4 is 9.80 Å². The molecule has 4 aliphatic heterocycles. The number of para-hydroxylation sites is 2. The summed E-state index contributed by atoms with van der Waals surface area (Å²) in [7, 11) is 0. The van der Waals surface area contributed by atoms with Gasteiger partial charge in [-0.1, -0.05) is 87.0 Å². The van der Waals surface area contributed by atoms with Gasteiger partial charge >= 0.3 is 0 Å². The summed E-state index contributed by atoms with van der Waals surface area (Å²) >= 11 is 6.56. The molecule has 0 saturated carbocycles. The Hall–Kier alpha value is -3.46. The van der Waals surface area contributed by atoms with Crippen LogP contribution in [0.3, 0.4) is 0 Å². The lowest BCUT2D eigenvalue weighted by Gasteiger charge is -2.41. The highest BCUT2D eigenvalue weighted by Gasteiger charge is 2.76.